The Labute approximate surface area is 157 Å². The largest absolute Gasteiger partial charge is 0.481 e. The average Bonchev–Trinajstić information content (AvgIpc) is 3.15. The molecule has 27 heavy (non-hydrogen) atoms. The van der Waals surface area contributed by atoms with E-state index in [0.717, 1.165) is 5.56 Å². The number of hydrogen-bond donors (Lipinski definition) is 2. The van der Waals surface area contributed by atoms with Crippen molar-refractivity contribution < 1.29 is 23.8 Å². The number of hydrogen-bond acceptors (Lipinski definition) is 5. The summed E-state index contributed by atoms with van der Waals surface area (Å²) in [5.41, 5.74) is 1.17. The third-order valence-electron chi connectivity index (χ3n) is 4.98. The molecule has 7 heteroatoms. The van der Waals surface area contributed by atoms with Gasteiger partial charge in [-0.2, -0.15) is 0 Å². The molecule has 0 atom stereocenters. The number of benzene rings is 1. The zero-order chi connectivity index (χ0) is 19.3. The summed E-state index contributed by atoms with van der Waals surface area (Å²) in [5, 5.41) is 12.3. The fourth-order valence-electron chi connectivity index (χ4n) is 3.08. The lowest BCUT2D eigenvalue weighted by Gasteiger charge is -2.33. The van der Waals surface area contributed by atoms with Crippen LogP contribution in [0, 0.1) is 12.3 Å². The molecule has 144 valence electrons. The molecule has 0 radical (unpaired) electrons. The van der Waals surface area contributed by atoms with E-state index in [9.17, 15) is 14.7 Å². The van der Waals surface area contributed by atoms with Gasteiger partial charge in [-0.05, 0) is 19.8 Å². The van der Waals surface area contributed by atoms with Gasteiger partial charge < -0.3 is 19.6 Å². The summed E-state index contributed by atoms with van der Waals surface area (Å²) < 4.78 is 10.9. The fourth-order valence-corrected chi connectivity index (χ4v) is 3.08. The van der Waals surface area contributed by atoms with Crippen molar-refractivity contribution in [1.82, 2.24) is 10.3 Å². The summed E-state index contributed by atoms with van der Waals surface area (Å²) in [5.74, 6) is 0.0518. The van der Waals surface area contributed by atoms with Gasteiger partial charge in [-0.1, -0.05) is 29.8 Å². The van der Waals surface area contributed by atoms with Crippen molar-refractivity contribution in [3.8, 4) is 11.3 Å². The van der Waals surface area contributed by atoms with Crippen molar-refractivity contribution in [2.24, 2.45) is 5.41 Å². The van der Waals surface area contributed by atoms with Gasteiger partial charge >= 0.3 is 5.97 Å². The highest BCUT2D eigenvalue weighted by Crippen LogP contribution is 2.30. The lowest BCUT2D eigenvalue weighted by Crippen LogP contribution is -2.46. The molecule has 0 spiro atoms. The number of carboxylic acids is 1. The second-order valence-corrected chi connectivity index (χ2v) is 6.96. The van der Waals surface area contributed by atoms with E-state index in [1.54, 1.807) is 6.20 Å². The van der Waals surface area contributed by atoms with E-state index in [4.69, 9.17) is 9.15 Å². The maximum Gasteiger partial charge on any atom is 0.311 e. The minimum Gasteiger partial charge on any atom is -0.481 e. The highest BCUT2D eigenvalue weighted by Gasteiger charge is 2.40. The van der Waals surface area contributed by atoms with E-state index in [2.05, 4.69) is 10.3 Å². The van der Waals surface area contributed by atoms with E-state index >= 15 is 0 Å². The molecule has 1 aliphatic rings. The Kier molecular flexibility index (Phi) is 5.91. The van der Waals surface area contributed by atoms with Gasteiger partial charge in [0, 0.05) is 38.2 Å². The first-order valence-electron chi connectivity index (χ1n) is 9.08. The molecule has 1 fully saturated rings. The lowest BCUT2D eigenvalue weighted by molar-refractivity contribution is -0.154. The number of aliphatic carboxylic acids is 1. The molecule has 1 saturated heterocycles. The Hall–Kier alpha value is -2.67. The molecule has 2 N–H and O–H groups in total. The zero-order valence-corrected chi connectivity index (χ0v) is 15.4. The van der Waals surface area contributed by atoms with Crippen LogP contribution in [0.3, 0.4) is 0 Å². The number of aryl methyl sites for hydroxylation is 2. The maximum absolute atomic E-state index is 12.1. The number of carbonyl (C=O) groups excluding carboxylic acids is 1. The first-order chi connectivity index (χ1) is 13.0. The third-order valence-corrected chi connectivity index (χ3v) is 4.98. The molecule has 7 nitrogen and oxygen atoms in total. The van der Waals surface area contributed by atoms with E-state index in [1.807, 2.05) is 31.2 Å². The Morgan fingerprint density at radius 2 is 1.93 bits per heavy atom. The van der Waals surface area contributed by atoms with Crippen molar-refractivity contribution in [2.75, 3.05) is 19.8 Å². The summed E-state index contributed by atoms with van der Waals surface area (Å²) >= 11 is 0. The first kappa shape index (κ1) is 19.1. The molecule has 2 heterocycles. The van der Waals surface area contributed by atoms with Gasteiger partial charge in [0.05, 0.1) is 11.6 Å². The third kappa shape index (κ3) is 4.74. The summed E-state index contributed by atoms with van der Waals surface area (Å²) in [6.07, 6.45) is 3.02. The molecule has 0 unspecified atom stereocenters. The average molecular weight is 372 g/mol. The highest BCUT2D eigenvalue weighted by molar-refractivity contribution is 5.79. The number of rotatable bonds is 7. The van der Waals surface area contributed by atoms with Crippen LogP contribution in [0.15, 0.2) is 34.9 Å². The van der Waals surface area contributed by atoms with Gasteiger partial charge in [0.25, 0.3) is 0 Å². The molecule has 1 aromatic heterocycles. The molecule has 0 aliphatic carbocycles. The lowest BCUT2D eigenvalue weighted by atomic mass is 9.80. The van der Waals surface area contributed by atoms with Gasteiger partial charge in [0.2, 0.25) is 5.91 Å². The fraction of sp³-hybridized carbons (Fsp3) is 0.450. The summed E-state index contributed by atoms with van der Waals surface area (Å²) in [6.45, 7) is 2.94. The van der Waals surface area contributed by atoms with Crippen molar-refractivity contribution in [2.45, 2.75) is 32.6 Å². The van der Waals surface area contributed by atoms with E-state index in [-0.39, 0.29) is 18.9 Å². The second-order valence-electron chi connectivity index (χ2n) is 6.96. The van der Waals surface area contributed by atoms with Crippen LogP contribution >= 0.6 is 0 Å². The molecule has 0 bridgehead atoms. The first-order valence-corrected chi connectivity index (χ1v) is 9.08. The number of nitrogens with one attached hydrogen (secondary N) is 1. The number of nitrogens with zero attached hydrogens (tertiary/aromatic N) is 1. The summed E-state index contributed by atoms with van der Waals surface area (Å²) in [7, 11) is 0. The van der Waals surface area contributed by atoms with E-state index in [1.165, 1.54) is 5.56 Å². The molecule has 2 aromatic rings. The normalized spacial score (nSPS) is 16.0. The van der Waals surface area contributed by atoms with Gasteiger partial charge in [-0.25, -0.2) is 4.98 Å². The Balaban J connectivity index is 1.50. The molecule has 1 aliphatic heterocycles. The van der Waals surface area contributed by atoms with E-state index in [0.29, 0.717) is 44.1 Å². The van der Waals surface area contributed by atoms with Crippen LogP contribution in [0.5, 0.6) is 0 Å². The molecule has 1 aromatic carbocycles. The highest BCUT2D eigenvalue weighted by atomic mass is 16.5. The Morgan fingerprint density at radius 1 is 1.22 bits per heavy atom. The Bertz CT molecular complexity index is 791. The van der Waals surface area contributed by atoms with Crippen molar-refractivity contribution in [3.63, 3.8) is 0 Å². The minimum absolute atomic E-state index is 0.116. The van der Waals surface area contributed by atoms with Gasteiger partial charge in [-0.3, -0.25) is 9.59 Å². The van der Waals surface area contributed by atoms with Crippen molar-refractivity contribution in [1.29, 1.82) is 0 Å². The number of aromatic nitrogens is 1. The smallest absolute Gasteiger partial charge is 0.311 e. The Morgan fingerprint density at radius 3 is 2.59 bits per heavy atom. The monoisotopic (exact) mass is 372 g/mol. The van der Waals surface area contributed by atoms with Gasteiger partial charge in [0.1, 0.15) is 0 Å². The molecular weight excluding hydrogens is 348 g/mol. The maximum atomic E-state index is 12.1. The predicted octanol–water partition coefficient (Wildman–Crippen LogP) is 2.58. The summed E-state index contributed by atoms with van der Waals surface area (Å²) in [6, 6.07) is 7.93. The summed E-state index contributed by atoms with van der Waals surface area (Å²) in [4.78, 5) is 27.9. The van der Waals surface area contributed by atoms with Crippen molar-refractivity contribution >= 4 is 11.9 Å². The molecular formula is C20H24N2O5. The van der Waals surface area contributed by atoms with Crippen LogP contribution in [-0.4, -0.2) is 41.7 Å². The number of amides is 1. The number of oxazole rings is 1. The van der Waals surface area contributed by atoms with Crippen LogP contribution in [0.2, 0.25) is 0 Å². The topological polar surface area (TPSA) is 102 Å². The minimum atomic E-state index is -0.935. The SMILES string of the molecule is Cc1ccc(-c2cnc(CCC(=O)NCC3(C(=O)O)CCOCC3)o2)cc1. The number of ether oxygens (including phenoxy) is 1. The van der Waals surface area contributed by atoms with Crippen LogP contribution in [0.25, 0.3) is 11.3 Å². The quantitative estimate of drug-likeness (QED) is 0.775. The van der Waals surface area contributed by atoms with Crippen molar-refractivity contribution in [3.05, 3.63) is 41.9 Å². The van der Waals surface area contributed by atoms with Crippen LogP contribution in [-0.2, 0) is 20.7 Å². The van der Waals surface area contributed by atoms with Crippen LogP contribution < -0.4 is 5.32 Å². The molecule has 3 rings (SSSR count). The number of carboxylic acid groups (broad SMARTS) is 1. The van der Waals surface area contributed by atoms with Gasteiger partial charge in [0.15, 0.2) is 11.7 Å². The molecule has 0 saturated carbocycles. The predicted molar refractivity (Wildman–Crippen MR) is 98.1 cm³/mol. The molecule has 1 amide bonds. The van der Waals surface area contributed by atoms with Crippen LogP contribution in [0.4, 0.5) is 0 Å². The van der Waals surface area contributed by atoms with Gasteiger partial charge in [-0.15, -0.1) is 0 Å². The number of carbonyl (C=O) groups is 2. The van der Waals surface area contributed by atoms with E-state index < -0.39 is 11.4 Å². The zero-order valence-electron chi connectivity index (χ0n) is 15.4. The standard InChI is InChI=1S/C20H24N2O5/c1-14-2-4-15(5-3-14)16-12-21-18(27-16)7-6-17(23)22-13-20(19(24)25)8-10-26-11-9-20/h2-5,12H,6-11,13H2,1H3,(H,22,23)(H,24,25). The van der Waals surface area contributed by atoms with Crippen LogP contribution in [0.1, 0.15) is 30.7 Å². The second kappa shape index (κ2) is 8.35.